The van der Waals surface area contributed by atoms with Gasteiger partial charge in [-0.3, -0.25) is 52.5 Å². The number of carbonyl (C=O) groups is 9. The largest absolute Gasteiger partial charge is 0.393 e. The molecule has 37 heteroatoms. The van der Waals surface area contributed by atoms with Gasteiger partial charge < -0.3 is 71.4 Å². The fourth-order valence-electron chi connectivity index (χ4n) is 19.3. The molecule has 12 aromatic rings. The van der Waals surface area contributed by atoms with Crippen LogP contribution in [0.15, 0.2) is 181 Å². The van der Waals surface area contributed by atoms with Crippen molar-refractivity contribution in [2.45, 2.75) is 261 Å². The quantitative estimate of drug-likeness (QED) is 0.0200. The predicted octanol–water partition coefficient (Wildman–Crippen LogP) is 14.7. The second-order valence-electron chi connectivity index (χ2n) is 40.4. The van der Waals surface area contributed by atoms with Gasteiger partial charge in [-0.2, -0.15) is 10.2 Å². The Morgan fingerprint density at radius 1 is 0.414 bits per heavy atom. The average molecular weight is 2050 g/mol. The summed E-state index contributed by atoms with van der Waals surface area (Å²) in [5.74, 6) is -3.58. The normalized spacial score (nSPS) is 19.9. The zero-order valence-electron chi connectivity index (χ0n) is 85.5. The number of ketones is 1. The van der Waals surface area contributed by atoms with Crippen molar-refractivity contribution < 1.29 is 68.7 Å². The topological polar surface area (TPSA) is 443 Å². The molecule has 4 fully saturated rings. The number of carbonyl (C=O) groups excluding carboxylic acids is 9. The highest BCUT2D eigenvalue weighted by Gasteiger charge is 2.50. The third kappa shape index (κ3) is 26.8. The molecule has 145 heavy (non-hydrogen) atoms. The van der Waals surface area contributed by atoms with Crippen molar-refractivity contribution in [3.63, 3.8) is 0 Å². The molecule has 5 aromatic carbocycles. The Balaban J connectivity index is 0.000000162. The zero-order valence-corrected chi connectivity index (χ0v) is 88.8. The number of β-amino-alcohol motifs (C(OH)–C–C–N with tert-alkyl or cyclic N) is 3. The fraction of sp³-hybridized carbons (Fsp3) is 0.454. The molecule has 33 nitrogen and oxygen atoms in total. The zero-order chi connectivity index (χ0) is 105. The van der Waals surface area contributed by atoms with Crippen LogP contribution in [-0.4, -0.2) is 215 Å². The van der Waals surface area contributed by atoms with Gasteiger partial charge >= 0.3 is 0 Å². The highest BCUT2D eigenvalue weighted by atomic mass is 32.1. The summed E-state index contributed by atoms with van der Waals surface area (Å²) in [5, 5.41) is 78.6. The Morgan fingerprint density at radius 3 is 1.13 bits per heavy atom. The summed E-state index contributed by atoms with van der Waals surface area (Å²) in [6.45, 7) is 36.3. The van der Waals surface area contributed by atoms with Gasteiger partial charge in [-0.25, -0.2) is 19.9 Å². The Hall–Kier alpha value is -12.6. The van der Waals surface area contributed by atoms with E-state index in [9.17, 15) is 68.7 Å². The Morgan fingerprint density at radius 2 is 0.786 bits per heavy atom. The molecule has 10 heterocycles. The van der Waals surface area contributed by atoms with E-state index in [1.54, 1.807) is 66.7 Å². The van der Waals surface area contributed by atoms with Crippen LogP contribution >= 0.6 is 45.5 Å². The summed E-state index contributed by atoms with van der Waals surface area (Å²) in [7, 11) is 0. The molecule has 0 spiro atoms. The third-order valence-corrected chi connectivity index (χ3v) is 30.9. The number of rotatable bonds is 30. The summed E-state index contributed by atoms with van der Waals surface area (Å²) >= 11 is 6.02. The van der Waals surface area contributed by atoms with Crippen molar-refractivity contribution in [1.29, 1.82) is 0 Å². The van der Waals surface area contributed by atoms with Crippen LogP contribution in [0, 0.1) is 69.6 Å². The molecule has 770 valence electrons. The van der Waals surface area contributed by atoms with Gasteiger partial charge in [-0.05, 0) is 165 Å². The second kappa shape index (κ2) is 48.6. The molecule has 17 atom stereocenters. The number of thiazole rings is 3. The highest BCUT2D eigenvalue weighted by molar-refractivity contribution is 7.14. The monoisotopic (exact) mass is 2050 g/mol. The molecular weight excluding hydrogens is 1920 g/mol. The molecule has 7 aromatic heterocycles. The van der Waals surface area contributed by atoms with Crippen LogP contribution in [0.4, 0.5) is 0 Å². The summed E-state index contributed by atoms with van der Waals surface area (Å²) in [6, 6.07) is 36.0. The fourth-order valence-corrected chi connectivity index (χ4v) is 22.4. The lowest BCUT2D eigenvalue weighted by molar-refractivity contribution is -0.142. The Kier molecular flexibility index (Phi) is 36.8. The number of imidazole rings is 1. The lowest BCUT2D eigenvalue weighted by Crippen LogP contribution is -2.52. The Bertz CT molecular complexity index is 6420. The highest BCUT2D eigenvalue weighted by Crippen LogP contribution is 2.41. The number of aliphatic hydroxyl groups is 5. The van der Waals surface area contributed by atoms with Crippen molar-refractivity contribution in [3.8, 4) is 52.9 Å². The molecule has 16 rings (SSSR count). The van der Waals surface area contributed by atoms with Crippen LogP contribution in [0.1, 0.15) is 228 Å². The SMILES string of the molecule is CC(=O)N[C@H](C(=O)C1C[C@H](O)CC1C(=O)N[C@@H](C)c1ccc(-c2scnc2C)cc1)C(C)(C)C.Cc1cn([C@H](C(=O)N2C[C@H](O)C[C@H]2C(=O)N[C@@H](C)c2ccc(-c3snnc3CO)cc2)C(C)C)cn1.Cc1cnn([C@H](C(=O)N2C[C@H](O)C[C@H]2C(=O)N[C@@H](C)c2ccc(-c3scnc3C)cc2)C(C)C)c1.Cc1ncsc1-c1ccc([C@H](C)NC(=O)[C@@H]2C[C@@H](O)CN2C(=O)[C@H](C(C)C)n2cc(-c3ccccc3)cn2)cc1. The number of aromatic nitrogens is 11. The first kappa shape index (κ1) is 110. The minimum Gasteiger partial charge on any atom is -0.393 e. The van der Waals surface area contributed by atoms with E-state index in [0.717, 1.165) is 103 Å². The van der Waals surface area contributed by atoms with Crippen LogP contribution in [0.5, 0.6) is 0 Å². The first-order valence-corrected chi connectivity index (χ1v) is 52.7. The summed E-state index contributed by atoms with van der Waals surface area (Å²) in [6.07, 6.45) is 8.73. The Labute approximate surface area is 862 Å². The van der Waals surface area contributed by atoms with E-state index in [1.165, 1.54) is 33.2 Å². The summed E-state index contributed by atoms with van der Waals surface area (Å²) in [4.78, 5) is 145. The second-order valence-corrected chi connectivity index (χ2v) is 43.8. The average Bonchev–Trinajstić information content (AvgIpc) is 1.77. The lowest BCUT2D eigenvalue weighted by atomic mass is 9.77. The van der Waals surface area contributed by atoms with Crippen LogP contribution in [0.3, 0.4) is 0 Å². The number of nitrogens with one attached hydrogen (secondary N) is 5. The lowest BCUT2D eigenvalue weighted by Gasteiger charge is -2.33. The molecular formula is C108H135N19O14S4. The first-order chi connectivity index (χ1) is 68.9. The van der Waals surface area contributed by atoms with E-state index in [1.807, 2.05) is 287 Å². The van der Waals surface area contributed by atoms with Crippen molar-refractivity contribution >= 4 is 98.6 Å². The predicted molar refractivity (Wildman–Crippen MR) is 560 cm³/mol. The van der Waals surface area contributed by atoms with Gasteiger partial charge in [0.25, 0.3) is 0 Å². The minimum atomic E-state index is -0.762. The van der Waals surface area contributed by atoms with Crippen molar-refractivity contribution in [2.24, 2.45) is 35.0 Å². The van der Waals surface area contributed by atoms with Gasteiger partial charge in [0, 0.05) is 75.9 Å². The number of likely N-dealkylation sites (tertiary alicyclic amines) is 3. The van der Waals surface area contributed by atoms with Gasteiger partial charge in [0.2, 0.25) is 47.3 Å². The van der Waals surface area contributed by atoms with E-state index in [-0.39, 0.29) is 153 Å². The van der Waals surface area contributed by atoms with E-state index in [2.05, 4.69) is 66.3 Å². The number of benzene rings is 5. The first-order valence-electron chi connectivity index (χ1n) is 49.3. The maximum Gasteiger partial charge on any atom is 0.248 e. The maximum absolute atomic E-state index is 13.9. The van der Waals surface area contributed by atoms with Gasteiger partial charge in [0.05, 0.1) is 145 Å². The molecule has 8 amide bonds. The number of Topliss-reactive ketones (excluding diaryl/α,β-unsaturated/α-hetero) is 1. The van der Waals surface area contributed by atoms with Gasteiger partial charge in [-0.1, -0.05) is 194 Å². The molecule has 1 saturated carbocycles. The van der Waals surface area contributed by atoms with Crippen LogP contribution in [-0.2, 0) is 49.8 Å². The van der Waals surface area contributed by atoms with E-state index >= 15 is 0 Å². The molecule has 4 aliphatic rings. The van der Waals surface area contributed by atoms with Crippen LogP contribution in [0.2, 0.25) is 0 Å². The standard InChI is InChI=1S/C31H35N5O3S.C26H33N5O3S.C26H35N3O4S.C25H32N6O4S/c1-19(2)28(36-16-25(15-33-36)23-8-6-5-7-9-23)31(39)35-17-26(37)14-27(35)30(38)34-20(3)22-10-12-24(13-11-22)29-21(4)32-18-40-29;1-15(2)23(31-12-16(3)11-28-31)26(34)30-13-21(32)10-22(30)25(33)29-17(4)19-6-8-20(9-7-19)24-18(5)27-14-35-24;1-14(17-7-9-18(10-8-17)23-15(2)27-13-34-23)28-25(33)21-12-19(31)11-20(21)22(32)24(26(4,5)6)29-16(3)30;1-14(2)22(30-10-15(3)26-13-30)25(35)31-11-19(33)9-21(31)24(34)27-16(4)17-5-7-18(8-6-17)23-20(12-32)28-29-36-23/h5-13,15-16,18-20,26-28,37H,14,17H2,1-4H3,(H,34,38);6-9,11-12,14-15,17,21-23,32H,10,13H2,1-5H3,(H,29,33);7-10,13-14,19-21,24,31H,11-12H2,1-6H3,(H,28,33)(H,29,30);5-8,10,13-14,16,19,21-22,32-33H,9,11-12H2,1-4H3,(H,27,34)/t20-,26+,27-,28-;17-,21+,22-,23-;14-,19-,20?,21?,24+;16-,19+,21-,22-/m0000/s1. The number of nitrogens with zero attached hydrogens (tertiary/aromatic N) is 14. The van der Waals surface area contributed by atoms with E-state index in [0.29, 0.717) is 5.69 Å². The van der Waals surface area contributed by atoms with E-state index in [4.69, 9.17) is 0 Å². The van der Waals surface area contributed by atoms with Gasteiger partial charge in [0.1, 0.15) is 41.9 Å². The van der Waals surface area contributed by atoms with Crippen LogP contribution < -0.4 is 26.6 Å². The number of amides is 8. The number of hydrogen-bond acceptors (Lipinski definition) is 26. The summed E-state index contributed by atoms with van der Waals surface area (Å²) < 4.78 is 9.03. The summed E-state index contributed by atoms with van der Waals surface area (Å²) in [5.41, 5.74) is 20.1. The number of aryl methyl sites for hydroxylation is 5. The van der Waals surface area contributed by atoms with Gasteiger partial charge in [0.15, 0.2) is 5.78 Å². The van der Waals surface area contributed by atoms with Crippen molar-refractivity contribution in [2.75, 3.05) is 19.6 Å². The smallest absolute Gasteiger partial charge is 0.248 e. The molecule has 1 aliphatic carbocycles. The van der Waals surface area contributed by atoms with Crippen molar-refractivity contribution in [1.82, 2.24) is 94.9 Å². The third-order valence-electron chi connectivity index (χ3n) is 27.1. The molecule has 3 saturated heterocycles. The molecule has 0 bridgehead atoms. The number of hydrogen-bond donors (Lipinski definition) is 10. The van der Waals surface area contributed by atoms with Crippen molar-refractivity contribution in [3.05, 3.63) is 238 Å². The molecule has 3 aliphatic heterocycles. The van der Waals surface area contributed by atoms with Crippen LogP contribution in [0.25, 0.3) is 52.9 Å². The molecule has 0 radical (unpaired) electrons. The maximum atomic E-state index is 13.9. The molecule has 10 N–H and O–H groups in total. The van der Waals surface area contributed by atoms with Gasteiger partial charge in [-0.15, -0.1) is 39.1 Å². The molecule has 2 unspecified atom stereocenters. The van der Waals surface area contributed by atoms with E-state index < -0.39 is 84.0 Å². The minimum absolute atomic E-state index is 0.0231. The number of aliphatic hydroxyl groups excluding tert-OH is 5.